The Labute approximate surface area is 151 Å². The number of rotatable bonds is 5. The average molecular weight is 349 g/mol. The SMILES string of the molecule is COc1ccc(C(=O)C=Nc2c(C)n(C)n(-c3ccccc3)c2=O)cc1. The normalized spacial score (nSPS) is 11.0. The highest BCUT2D eigenvalue weighted by molar-refractivity contribution is 6.35. The molecule has 0 atom stereocenters. The Morgan fingerprint density at radius 3 is 2.35 bits per heavy atom. The molecule has 0 saturated carbocycles. The number of aromatic nitrogens is 2. The van der Waals surface area contributed by atoms with Gasteiger partial charge in [-0.25, -0.2) is 9.67 Å². The number of benzene rings is 2. The Hall–Kier alpha value is -3.41. The van der Waals surface area contributed by atoms with Crippen molar-refractivity contribution in [3.63, 3.8) is 0 Å². The number of carbonyl (C=O) groups excluding carboxylic acids is 1. The summed E-state index contributed by atoms with van der Waals surface area (Å²) in [6.07, 6.45) is 1.18. The van der Waals surface area contributed by atoms with Gasteiger partial charge in [-0.1, -0.05) is 18.2 Å². The van der Waals surface area contributed by atoms with E-state index in [1.807, 2.05) is 30.3 Å². The highest BCUT2D eigenvalue weighted by Gasteiger charge is 2.15. The van der Waals surface area contributed by atoms with Crippen molar-refractivity contribution in [1.82, 2.24) is 9.36 Å². The first-order valence-corrected chi connectivity index (χ1v) is 8.09. The lowest BCUT2D eigenvalue weighted by Gasteiger charge is -2.07. The van der Waals surface area contributed by atoms with E-state index in [4.69, 9.17) is 4.74 Å². The number of hydrogen-bond donors (Lipinski definition) is 0. The lowest BCUT2D eigenvalue weighted by molar-refractivity contribution is 0.107. The number of para-hydroxylation sites is 1. The van der Waals surface area contributed by atoms with Crippen LogP contribution >= 0.6 is 0 Å². The molecular weight excluding hydrogens is 330 g/mol. The van der Waals surface area contributed by atoms with Crippen LogP contribution in [0.4, 0.5) is 5.69 Å². The maximum atomic E-state index is 12.7. The van der Waals surface area contributed by atoms with Crippen LogP contribution in [0, 0.1) is 6.92 Å². The van der Waals surface area contributed by atoms with E-state index in [2.05, 4.69) is 4.99 Å². The van der Waals surface area contributed by atoms with E-state index in [0.717, 1.165) is 5.69 Å². The second kappa shape index (κ2) is 7.23. The molecular formula is C20H19N3O3. The second-order valence-corrected chi connectivity index (χ2v) is 5.76. The van der Waals surface area contributed by atoms with E-state index in [-0.39, 0.29) is 17.0 Å². The van der Waals surface area contributed by atoms with Gasteiger partial charge in [-0.2, -0.15) is 0 Å². The average Bonchev–Trinajstić information content (AvgIpc) is 2.89. The quantitative estimate of drug-likeness (QED) is 0.525. The number of methoxy groups -OCH3 is 1. The van der Waals surface area contributed by atoms with E-state index in [1.165, 1.54) is 10.9 Å². The van der Waals surface area contributed by atoms with Crippen LogP contribution in [0.5, 0.6) is 5.75 Å². The summed E-state index contributed by atoms with van der Waals surface area (Å²) in [5, 5.41) is 0. The largest absolute Gasteiger partial charge is 0.497 e. The monoisotopic (exact) mass is 349 g/mol. The predicted molar refractivity (Wildman–Crippen MR) is 101 cm³/mol. The van der Waals surface area contributed by atoms with Gasteiger partial charge in [0.25, 0.3) is 5.56 Å². The van der Waals surface area contributed by atoms with Crippen molar-refractivity contribution in [2.24, 2.45) is 12.0 Å². The molecule has 0 saturated heterocycles. The summed E-state index contributed by atoms with van der Waals surface area (Å²) in [6, 6.07) is 16.0. The summed E-state index contributed by atoms with van der Waals surface area (Å²) in [5.74, 6) is 0.393. The van der Waals surface area contributed by atoms with Crippen molar-refractivity contribution in [1.29, 1.82) is 0 Å². The maximum absolute atomic E-state index is 12.7. The van der Waals surface area contributed by atoms with Crippen LogP contribution < -0.4 is 10.3 Å². The zero-order valence-electron chi connectivity index (χ0n) is 14.8. The number of nitrogens with zero attached hydrogens (tertiary/aromatic N) is 3. The van der Waals surface area contributed by atoms with Crippen molar-refractivity contribution < 1.29 is 9.53 Å². The number of ketones is 1. The Morgan fingerprint density at radius 1 is 1.08 bits per heavy atom. The van der Waals surface area contributed by atoms with Crippen molar-refractivity contribution in [3.05, 3.63) is 76.2 Å². The molecule has 0 fully saturated rings. The molecule has 0 aliphatic carbocycles. The summed E-state index contributed by atoms with van der Waals surface area (Å²) < 4.78 is 8.33. The molecule has 0 bridgehead atoms. The van der Waals surface area contributed by atoms with Crippen LogP contribution in [0.25, 0.3) is 5.69 Å². The van der Waals surface area contributed by atoms with Crippen molar-refractivity contribution in [2.45, 2.75) is 6.92 Å². The number of ether oxygens (including phenoxy) is 1. The van der Waals surface area contributed by atoms with Crippen molar-refractivity contribution >= 4 is 17.7 Å². The molecule has 0 amide bonds. The molecule has 2 aromatic carbocycles. The van der Waals surface area contributed by atoms with Crippen LogP contribution in [0.2, 0.25) is 0 Å². The number of carbonyl (C=O) groups is 1. The molecule has 3 aromatic rings. The third-order valence-electron chi connectivity index (χ3n) is 4.21. The third-order valence-corrected chi connectivity index (χ3v) is 4.21. The molecule has 0 radical (unpaired) electrons. The zero-order valence-corrected chi connectivity index (χ0v) is 14.8. The maximum Gasteiger partial charge on any atom is 0.297 e. The number of hydrogen-bond acceptors (Lipinski definition) is 4. The smallest absolute Gasteiger partial charge is 0.297 e. The van der Waals surface area contributed by atoms with Crippen LogP contribution in [0.1, 0.15) is 16.1 Å². The van der Waals surface area contributed by atoms with Gasteiger partial charge in [0.2, 0.25) is 5.78 Å². The van der Waals surface area contributed by atoms with Crippen molar-refractivity contribution in [3.8, 4) is 11.4 Å². The first-order chi connectivity index (χ1) is 12.5. The first-order valence-electron chi connectivity index (χ1n) is 8.09. The molecule has 6 nitrogen and oxygen atoms in total. The molecule has 1 heterocycles. The van der Waals surface area contributed by atoms with Crippen LogP contribution in [0.3, 0.4) is 0 Å². The lowest BCUT2D eigenvalue weighted by atomic mass is 10.1. The van der Waals surface area contributed by atoms with E-state index in [0.29, 0.717) is 17.0 Å². The molecule has 132 valence electrons. The molecule has 0 spiro atoms. The lowest BCUT2D eigenvalue weighted by Crippen LogP contribution is -2.19. The molecule has 0 unspecified atom stereocenters. The van der Waals surface area contributed by atoms with Gasteiger partial charge in [0, 0.05) is 12.6 Å². The first kappa shape index (κ1) is 17.4. The molecule has 6 heteroatoms. The van der Waals surface area contributed by atoms with E-state index < -0.39 is 0 Å². The fraction of sp³-hybridized carbons (Fsp3) is 0.150. The van der Waals surface area contributed by atoms with Crippen LogP contribution in [0.15, 0.2) is 64.4 Å². The van der Waals surface area contributed by atoms with Gasteiger partial charge in [-0.3, -0.25) is 14.3 Å². The summed E-state index contributed by atoms with van der Waals surface area (Å²) in [6.45, 7) is 1.80. The molecule has 0 aliphatic rings. The highest BCUT2D eigenvalue weighted by Crippen LogP contribution is 2.17. The minimum Gasteiger partial charge on any atom is -0.497 e. The second-order valence-electron chi connectivity index (χ2n) is 5.76. The third kappa shape index (κ3) is 3.21. The van der Waals surface area contributed by atoms with E-state index in [1.54, 1.807) is 50.0 Å². The zero-order chi connectivity index (χ0) is 18.7. The van der Waals surface area contributed by atoms with Gasteiger partial charge in [-0.15, -0.1) is 0 Å². The summed E-state index contributed by atoms with van der Waals surface area (Å²) in [4.78, 5) is 29.2. The summed E-state index contributed by atoms with van der Waals surface area (Å²) >= 11 is 0. The Bertz CT molecular complexity index is 1010. The summed E-state index contributed by atoms with van der Waals surface area (Å²) in [7, 11) is 3.35. The van der Waals surface area contributed by atoms with Crippen molar-refractivity contribution in [2.75, 3.05) is 7.11 Å². The fourth-order valence-electron chi connectivity index (χ4n) is 2.66. The van der Waals surface area contributed by atoms with E-state index in [9.17, 15) is 9.59 Å². The van der Waals surface area contributed by atoms with E-state index >= 15 is 0 Å². The predicted octanol–water partition coefficient (Wildman–Crippen LogP) is 3.08. The highest BCUT2D eigenvalue weighted by atomic mass is 16.5. The van der Waals surface area contributed by atoms with Gasteiger partial charge >= 0.3 is 0 Å². The van der Waals surface area contributed by atoms with Gasteiger partial charge < -0.3 is 4.74 Å². The minimum absolute atomic E-state index is 0.248. The molecule has 1 aromatic heterocycles. The Kier molecular flexibility index (Phi) is 4.84. The van der Waals surface area contributed by atoms with Gasteiger partial charge in [0.15, 0.2) is 5.69 Å². The van der Waals surface area contributed by atoms with Gasteiger partial charge in [-0.05, 0) is 43.3 Å². The number of aliphatic imine (C=N–C) groups is 1. The summed E-state index contributed by atoms with van der Waals surface area (Å²) in [5.41, 5.74) is 1.88. The van der Waals surface area contributed by atoms with Crippen LogP contribution in [-0.4, -0.2) is 28.5 Å². The molecule has 3 rings (SSSR count). The van der Waals surface area contributed by atoms with Gasteiger partial charge in [0.05, 0.1) is 24.7 Å². The minimum atomic E-state index is -0.276. The fourth-order valence-corrected chi connectivity index (χ4v) is 2.66. The van der Waals surface area contributed by atoms with Crippen LogP contribution in [-0.2, 0) is 7.05 Å². The molecule has 0 N–H and O–H groups in total. The molecule has 26 heavy (non-hydrogen) atoms. The van der Waals surface area contributed by atoms with Gasteiger partial charge in [0.1, 0.15) is 5.75 Å². The number of Topliss-reactive ketones (excluding diaryl/α,β-unsaturated/α-hetero) is 1. The topological polar surface area (TPSA) is 65.6 Å². The Balaban J connectivity index is 1.94. The molecule has 0 aliphatic heterocycles. The standard InChI is InChI=1S/C20H19N3O3/c1-14-19(20(25)23(22(14)2)16-7-5-4-6-8-16)21-13-18(24)15-9-11-17(26-3)12-10-15/h4-13H,1-3H3. The Morgan fingerprint density at radius 2 is 1.73 bits per heavy atom.